The molecule has 0 bridgehead atoms. The highest BCUT2D eigenvalue weighted by Gasteiger charge is 2.30. The van der Waals surface area contributed by atoms with E-state index in [2.05, 4.69) is 5.10 Å². The van der Waals surface area contributed by atoms with Crippen LogP contribution in [0.4, 0.5) is 13.2 Å². The van der Waals surface area contributed by atoms with Crippen LogP contribution >= 0.6 is 0 Å². The molecule has 3 nitrogen and oxygen atoms in total. The smallest absolute Gasteiger partial charge is 0.322 e. The fraction of sp³-hybridized carbons (Fsp3) is 0.400. The van der Waals surface area contributed by atoms with Gasteiger partial charge in [-0.3, -0.25) is 4.68 Å². The maximum absolute atomic E-state index is 12.5. The van der Waals surface area contributed by atoms with Gasteiger partial charge in [-0.2, -0.15) is 18.3 Å². The first kappa shape index (κ1) is 15.6. The number of aryl methyl sites for hydroxylation is 1. The van der Waals surface area contributed by atoms with E-state index >= 15 is 0 Å². The third-order valence-electron chi connectivity index (χ3n) is 3.78. The summed E-state index contributed by atoms with van der Waals surface area (Å²) in [5.74, 6) is 0. The van der Waals surface area contributed by atoms with E-state index in [4.69, 9.17) is 5.73 Å². The Labute approximate surface area is 121 Å². The standard InChI is InChI=1S/C15H18F3N3/c1-9-10(2)20-21(11(9)3)8-14(19)12-4-6-13(7-5-12)15(16,17)18/h4-7,14H,8,19H2,1-3H3. The number of benzene rings is 1. The second kappa shape index (κ2) is 5.52. The quantitative estimate of drug-likeness (QED) is 0.942. The fourth-order valence-electron chi connectivity index (χ4n) is 2.18. The normalized spacial score (nSPS) is 13.5. The number of nitrogens with zero attached hydrogens (tertiary/aromatic N) is 2. The molecule has 0 aliphatic heterocycles. The van der Waals surface area contributed by atoms with Gasteiger partial charge >= 0.3 is 6.18 Å². The molecule has 2 aromatic rings. The van der Waals surface area contributed by atoms with E-state index in [0.29, 0.717) is 12.1 Å². The van der Waals surface area contributed by atoms with Crippen molar-refractivity contribution in [3.8, 4) is 0 Å². The van der Waals surface area contributed by atoms with Crippen LogP contribution in [0.15, 0.2) is 24.3 Å². The third-order valence-corrected chi connectivity index (χ3v) is 3.78. The van der Waals surface area contributed by atoms with Gasteiger partial charge in [-0.05, 0) is 44.0 Å². The molecule has 0 saturated carbocycles. The van der Waals surface area contributed by atoms with Crippen molar-refractivity contribution in [1.82, 2.24) is 9.78 Å². The topological polar surface area (TPSA) is 43.8 Å². The lowest BCUT2D eigenvalue weighted by Gasteiger charge is -2.15. The van der Waals surface area contributed by atoms with Crippen molar-refractivity contribution in [1.29, 1.82) is 0 Å². The second-order valence-corrected chi connectivity index (χ2v) is 5.20. The molecule has 0 radical (unpaired) electrons. The van der Waals surface area contributed by atoms with Gasteiger partial charge in [0.05, 0.1) is 17.8 Å². The van der Waals surface area contributed by atoms with Gasteiger partial charge in [-0.1, -0.05) is 12.1 Å². The Balaban J connectivity index is 2.17. The zero-order valence-electron chi connectivity index (χ0n) is 12.2. The van der Waals surface area contributed by atoms with Crippen molar-refractivity contribution in [2.75, 3.05) is 0 Å². The lowest BCUT2D eigenvalue weighted by molar-refractivity contribution is -0.137. The molecule has 0 amide bonds. The van der Waals surface area contributed by atoms with E-state index in [1.807, 2.05) is 20.8 Å². The Morgan fingerprint density at radius 2 is 1.71 bits per heavy atom. The highest BCUT2D eigenvalue weighted by atomic mass is 19.4. The number of nitrogens with two attached hydrogens (primary N) is 1. The van der Waals surface area contributed by atoms with Gasteiger partial charge < -0.3 is 5.73 Å². The summed E-state index contributed by atoms with van der Waals surface area (Å²) in [4.78, 5) is 0. The zero-order chi connectivity index (χ0) is 15.8. The molecule has 1 aromatic heterocycles. The van der Waals surface area contributed by atoms with Crippen LogP contribution in [0.25, 0.3) is 0 Å². The highest BCUT2D eigenvalue weighted by molar-refractivity contribution is 5.27. The summed E-state index contributed by atoms with van der Waals surface area (Å²) < 4.78 is 39.4. The van der Waals surface area contributed by atoms with Gasteiger partial charge in [-0.15, -0.1) is 0 Å². The van der Waals surface area contributed by atoms with E-state index < -0.39 is 17.8 Å². The number of hydrogen-bond donors (Lipinski definition) is 1. The molecule has 1 unspecified atom stereocenters. The van der Waals surface area contributed by atoms with E-state index in [1.165, 1.54) is 12.1 Å². The molecule has 0 fully saturated rings. The van der Waals surface area contributed by atoms with Crippen molar-refractivity contribution in [3.63, 3.8) is 0 Å². The number of rotatable bonds is 3. The second-order valence-electron chi connectivity index (χ2n) is 5.20. The van der Waals surface area contributed by atoms with Crippen molar-refractivity contribution in [3.05, 3.63) is 52.3 Å². The minimum Gasteiger partial charge on any atom is -0.322 e. The van der Waals surface area contributed by atoms with Crippen molar-refractivity contribution in [2.24, 2.45) is 5.73 Å². The molecule has 2 rings (SSSR count). The molecule has 6 heteroatoms. The maximum Gasteiger partial charge on any atom is 0.416 e. The summed E-state index contributed by atoms with van der Waals surface area (Å²) in [5, 5.41) is 4.39. The minimum absolute atomic E-state index is 0.398. The van der Waals surface area contributed by atoms with Gasteiger partial charge in [0.25, 0.3) is 0 Å². The van der Waals surface area contributed by atoms with Crippen molar-refractivity contribution in [2.45, 2.75) is 39.5 Å². The molecule has 0 aliphatic rings. The summed E-state index contributed by atoms with van der Waals surface area (Å²) in [6.07, 6.45) is -4.32. The summed E-state index contributed by atoms with van der Waals surface area (Å²) >= 11 is 0. The van der Waals surface area contributed by atoms with Crippen LogP contribution in [-0.4, -0.2) is 9.78 Å². The van der Waals surface area contributed by atoms with Gasteiger partial charge in [-0.25, -0.2) is 0 Å². The SMILES string of the molecule is Cc1nn(CC(N)c2ccc(C(F)(F)F)cc2)c(C)c1C. The van der Waals surface area contributed by atoms with E-state index in [-0.39, 0.29) is 0 Å². The first-order valence-electron chi connectivity index (χ1n) is 6.63. The van der Waals surface area contributed by atoms with Crippen molar-refractivity contribution >= 4 is 0 Å². The van der Waals surface area contributed by atoms with Gasteiger partial charge in [0.15, 0.2) is 0 Å². The van der Waals surface area contributed by atoms with Crippen LogP contribution in [-0.2, 0) is 12.7 Å². The molecule has 0 spiro atoms. The van der Waals surface area contributed by atoms with E-state index in [9.17, 15) is 13.2 Å². The number of halogens is 3. The molecule has 0 saturated heterocycles. The van der Waals surface area contributed by atoms with Crippen LogP contribution in [0.3, 0.4) is 0 Å². The molecule has 0 aliphatic carbocycles. The van der Waals surface area contributed by atoms with Crippen LogP contribution in [0, 0.1) is 20.8 Å². The molecule has 1 heterocycles. The lowest BCUT2D eigenvalue weighted by atomic mass is 10.1. The van der Waals surface area contributed by atoms with E-state index in [0.717, 1.165) is 29.1 Å². The first-order valence-corrected chi connectivity index (χ1v) is 6.63. The fourth-order valence-corrected chi connectivity index (χ4v) is 2.18. The Hall–Kier alpha value is -1.82. The molecular weight excluding hydrogens is 279 g/mol. The van der Waals surface area contributed by atoms with Crippen LogP contribution in [0.2, 0.25) is 0 Å². The molecule has 2 N–H and O–H groups in total. The number of hydrogen-bond acceptors (Lipinski definition) is 2. The molecule has 1 atom stereocenters. The van der Waals surface area contributed by atoms with Crippen LogP contribution < -0.4 is 5.73 Å². The van der Waals surface area contributed by atoms with Crippen LogP contribution in [0.1, 0.15) is 34.1 Å². The summed E-state index contributed by atoms with van der Waals surface area (Å²) in [6, 6.07) is 4.56. The Morgan fingerprint density at radius 3 is 2.14 bits per heavy atom. The average Bonchev–Trinajstić information content (AvgIpc) is 2.65. The van der Waals surface area contributed by atoms with Gasteiger partial charge in [0.2, 0.25) is 0 Å². The van der Waals surface area contributed by atoms with E-state index in [1.54, 1.807) is 4.68 Å². The number of aromatic nitrogens is 2. The Morgan fingerprint density at radius 1 is 1.14 bits per heavy atom. The zero-order valence-corrected chi connectivity index (χ0v) is 12.2. The largest absolute Gasteiger partial charge is 0.416 e. The first-order chi connectivity index (χ1) is 9.70. The average molecular weight is 297 g/mol. The Bertz CT molecular complexity index is 627. The Kier molecular flexibility index (Phi) is 4.09. The maximum atomic E-state index is 12.5. The van der Waals surface area contributed by atoms with Gasteiger partial charge in [0.1, 0.15) is 0 Å². The molecule has 21 heavy (non-hydrogen) atoms. The highest BCUT2D eigenvalue weighted by Crippen LogP contribution is 2.29. The third kappa shape index (κ3) is 3.26. The minimum atomic E-state index is -4.32. The predicted octanol–water partition coefficient (Wildman–Crippen LogP) is 3.53. The van der Waals surface area contributed by atoms with Crippen LogP contribution in [0.5, 0.6) is 0 Å². The number of alkyl halides is 3. The molecule has 114 valence electrons. The lowest BCUT2D eigenvalue weighted by Crippen LogP contribution is -2.19. The molecule has 1 aromatic carbocycles. The predicted molar refractivity (Wildman–Crippen MR) is 74.8 cm³/mol. The summed E-state index contributed by atoms with van der Waals surface area (Å²) in [6.45, 7) is 6.29. The van der Waals surface area contributed by atoms with Crippen molar-refractivity contribution < 1.29 is 13.2 Å². The summed E-state index contributed by atoms with van der Waals surface area (Å²) in [5.41, 5.74) is 9.13. The van der Waals surface area contributed by atoms with Gasteiger partial charge in [0, 0.05) is 11.7 Å². The molecular formula is C15H18F3N3. The monoisotopic (exact) mass is 297 g/mol. The summed E-state index contributed by atoms with van der Waals surface area (Å²) in [7, 11) is 0.